The molecule has 0 saturated carbocycles. The predicted molar refractivity (Wildman–Crippen MR) is 126 cm³/mol. The molecular weight excluding hydrogens is 461 g/mol. The van der Waals surface area contributed by atoms with Crippen LogP contribution in [0.2, 0.25) is 57.4 Å². The summed E-state index contributed by atoms with van der Waals surface area (Å²) in [5, 5.41) is 0. The van der Waals surface area contributed by atoms with Gasteiger partial charge >= 0.3 is 26.2 Å². The SMILES string of the molecule is CCC[Si](O[SiH](C)C)(O[Si](C)(C)CC[Si](OC)(OC)OC)O[Si](C)(C)OC(C)=O. The maximum atomic E-state index is 11.6. The maximum absolute atomic E-state index is 11.6. The average molecular weight is 503 g/mol. The Kier molecular flexibility index (Phi) is 12.5. The second-order valence-electron chi connectivity index (χ2n) is 8.35. The topological polar surface area (TPSA) is 81.7 Å². The highest BCUT2D eigenvalue weighted by Crippen LogP contribution is 2.31. The largest absolute Gasteiger partial charge is 0.499 e. The minimum absolute atomic E-state index is 0.338. The molecule has 0 bridgehead atoms. The van der Waals surface area contributed by atoms with Crippen molar-refractivity contribution >= 4 is 49.5 Å². The lowest BCUT2D eigenvalue weighted by atomic mass is 10.6. The number of rotatable bonds is 15. The molecule has 13 heteroatoms. The monoisotopic (exact) mass is 502 g/mol. The van der Waals surface area contributed by atoms with Crippen LogP contribution in [0.25, 0.3) is 0 Å². The summed E-state index contributed by atoms with van der Waals surface area (Å²) in [6.45, 7) is 15.8. The van der Waals surface area contributed by atoms with E-state index in [1.807, 2.05) is 13.1 Å². The first kappa shape index (κ1) is 29.3. The van der Waals surface area contributed by atoms with Gasteiger partial charge in [-0.25, -0.2) is 0 Å². The number of hydrogen-bond acceptors (Lipinski definition) is 8. The first-order valence-corrected chi connectivity index (χ1v) is 22.7. The van der Waals surface area contributed by atoms with Gasteiger partial charge in [-0.2, -0.15) is 0 Å². The van der Waals surface area contributed by atoms with Crippen LogP contribution in [0.5, 0.6) is 0 Å². The average Bonchev–Trinajstić information content (AvgIpc) is 2.53. The summed E-state index contributed by atoms with van der Waals surface area (Å²) in [4.78, 5) is 11.6. The lowest BCUT2D eigenvalue weighted by Crippen LogP contribution is -2.60. The summed E-state index contributed by atoms with van der Waals surface area (Å²) < 4.78 is 42.0. The van der Waals surface area contributed by atoms with Crippen molar-refractivity contribution in [1.29, 1.82) is 0 Å². The summed E-state index contributed by atoms with van der Waals surface area (Å²) in [6.07, 6.45) is 0.870. The zero-order valence-electron chi connectivity index (χ0n) is 20.2. The van der Waals surface area contributed by atoms with Gasteiger partial charge in [-0.05, 0) is 45.3 Å². The molecule has 0 radical (unpaired) electrons. The van der Waals surface area contributed by atoms with Crippen LogP contribution in [0.4, 0.5) is 0 Å². The standard InChI is InChI=1S/C16H42O8Si5/c1-12-13-29(22-25(6)7,24-27(10,11)21-16(2)17)23-26(8,9)14-15-28(18-3,19-4)20-5/h25H,12-15H2,1-11H3. The molecule has 0 saturated heterocycles. The fourth-order valence-electron chi connectivity index (χ4n) is 3.12. The van der Waals surface area contributed by atoms with Crippen molar-refractivity contribution in [2.24, 2.45) is 0 Å². The van der Waals surface area contributed by atoms with E-state index in [0.717, 1.165) is 12.5 Å². The van der Waals surface area contributed by atoms with E-state index in [0.29, 0.717) is 12.1 Å². The van der Waals surface area contributed by atoms with Crippen molar-refractivity contribution in [1.82, 2.24) is 0 Å². The number of carbonyl (C=O) groups excluding carboxylic acids is 1. The number of hydrogen-bond donors (Lipinski definition) is 0. The van der Waals surface area contributed by atoms with Gasteiger partial charge in [-0.1, -0.05) is 13.3 Å². The Morgan fingerprint density at radius 3 is 1.72 bits per heavy atom. The third-order valence-corrected chi connectivity index (χ3v) is 20.7. The Labute approximate surface area is 183 Å². The molecule has 0 N–H and O–H groups in total. The van der Waals surface area contributed by atoms with Crippen LogP contribution in [0.15, 0.2) is 0 Å². The second kappa shape index (κ2) is 12.4. The second-order valence-corrected chi connectivity index (χ2v) is 25.0. The molecule has 0 amide bonds. The number of carbonyl (C=O) groups is 1. The zero-order valence-corrected chi connectivity index (χ0v) is 25.3. The van der Waals surface area contributed by atoms with Gasteiger partial charge in [0.1, 0.15) is 0 Å². The molecule has 29 heavy (non-hydrogen) atoms. The Bertz CT molecular complexity index is 493. The maximum Gasteiger partial charge on any atom is 0.499 e. The summed E-state index contributed by atoms with van der Waals surface area (Å²) >= 11 is 0. The molecular formula is C16H42O8Si5. The van der Waals surface area contributed by atoms with Gasteiger partial charge in [-0.3, -0.25) is 4.79 Å². The summed E-state index contributed by atoms with van der Waals surface area (Å²) in [5.41, 5.74) is 0. The highest BCUT2D eigenvalue weighted by molar-refractivity contribution is 6.87. The third-order valence-electron chi connectivity index (χ3n) is 4.16. The van der Waals surface area contributed by atoms with Crippen LogP contribution in [0, 0.1) is 0 Å². The fraction of sp³-hybridized carbons (Fsp3) is 0.938. The van der Waals surface area contributed by atoms with E-state index < -0.39 is 43.5 Å². The molecule has 0 aromatic carbocycles. The van der Waals surface area contributed by atoms with E-state index in [1.165, 1.54) is 6.92 Å². The lowest BCUT2D eigenvalue weighted by molar-refractivity contribution is -0.133. The summed E-state index contributed by atoms with van der Waals surface area (Å²) in [6, 6.07) is 2.15. The zero-order chi connectivity index (χ0) is 22.9. The summed E-state index contributed by atoms with van der Waals surface area (Å²) in [7, 11) is -7.29. The first-order chi connectivity index (χ1) is 13.2. The van der Waals surface area contributed by atoms with E-state index in [-0.39, 0.29) is 5.97 Å². The van der Waals surface area contributed by atoms with E-state index in [4.69, 9.17) is 30.0 Å². The van der Waals surface area contributed by atoms with Gasteiger partial charge in [0.15, 0.2) is 17.4 Å². The molecule has 0 aliphatic rings. The van der Waals surface area contributed by atoms with Gasteiger partial charge in [0.05, 0.1) is 0 Å². The molecule has 1 atom stereocenters. The predicted octanol–water partition coefficient (Wildman–Crippen LogP) is 3.72. The molecule has 1 unspecified atom stereocenters. The Hall–Kier alpha value is 0.314. The van der Waals surface area contributed by atoms with E-state index in [9.17, 15) is 4.79 Å². The smallest absolute Gasteiger partial charge is 0.495 e. The third kappa shape index (κ3) is 11.0. The summed E-state index contributed by atoms with van der Waals surface area (Å²) in [5.74, 6) is -0.338. The fourth-order valence-corrected chi connectivity index (χ4v) is 22.1. The van der Waals surface area contributed by atoms with E-state index in [1.54, 1.807) is 21.3 Å². The minimum atomic E-state index is -3.02. The van der Waals surface area contributed by atoms with Crippen LogP contribution in [-0.2, 0) is 34.8 Å². The Morgan fingerprint density at radius 1 is 0.828 bits per heavy atom. The first-order valence-electron chi connectivity index (χ1n) is 10.1. The highest BCUT2D eigenvalue weighted by Gasteiger charge is 2.52. The van der Waals surface area contributed by atoms with Crippen LogP contribution in [0.3, 0.4) is 0 Å². The van der Waals surface area contributed by atoms with Crippen LogP contribution >= 0.6 is 0 Å². The van der Waals surface area contributed by atoms with Crippen LogP contribution < -0.4 is 0 Å². The highest BCUT2D eigenvalue weighted by atomic mass is 28.5. The van der Waals surface area contributed by atoms with Gasteiger partial charge in [0, 0.05) is 40.3 Å². The quantitative estimate of drug-likeness (QED) is 0.313. The molecule has 0 fully saturated rings. The Balaban J connectivity index is 5.67. The van der Waals surface area contributed by atoms with Crippen LogP contribution in [0.1, 0.15) is 20.3 Å². The Morgan fingerprint density at radius 2 is 1.34 bits per heavy atom. The van der Waals surface area contributed by atoms with Crippen molar-refractivity contribution in [3.8, 4) is 0 Å². The normalized spacial score (nSPS) is 15.4. The molecule has 0 aliphatic heterocycles. The molecule has 0 spiro atoms. The van der Waals surface area contributed by atoms with Crippen molar-refractivity contribution in [2.75, 3.05) is 21.3 Å². The van der Waals surface area contributed by atoms with Gasteiger partial charge in [0.25, 0.3) is 5.97 Å². The van der Waals surface area contributed by atoms with Crippen molar-refractivity contribution in [2.45, 2.75) is 77.7 Å². The molecule has 8 nitrogen and oxygen atoms in total. The molecule has 0 aromatic heterocycles. The molecule has 0 aromatic rings. The van der Waals surface area contributed by atoms with Crippen molar-refractivity contribution in [3.63, 3.8) is 0 Å². The van der Waals surface area contributed by atoms with Crippen LogP contribution in [-0.4, -0.2) is 70.8 Å². The lowest BCUT2D eigenvalue weighted by Gasteiger charge is -2.42. The van der Waals surface area contributed by atoms with Crippen molar-refractivity contribution < 1.29 is 34.8 Å². The van der Waals surface area contributed by atoms with Gasteiger partial charge < -0.3 is 30.0 Å². The van der Waals surface area contributed by atoms with Gasteiger partial charge in [0.2, 0.25) is 0 Å². The van der Waals surface area contributed by atoms with E-state index in [2.05, 4.69) is 33.1 Å². The van der Waals surface area contributed by atoms with Crippen molar-refractivity contribution in [3.05, 3.63) is 0 Å². The van der Waals surface area contributed by atoms with Gasteiger partial charge in [-0.15, -0.1) is 0 Å². The molecule has 174 valence electrons. The molecule has 0 rings (SSSR count). The van der Waals surface area contributed by atoms with E-state index >= 15 is 0 Å². The molecule has 0 aliphatic carbocycles. The molecule has 0 heterocycles. The minimum Gasteiger partial charge on any atom is -0.495 e.